The molecule has 4 amide bonds. The first-order chi connectivity index (χ1) is 37.7. The Hall–Kier alpha value is -6.18. The monoisotopic (exact) mass is 1130 g/mol. The molecule has 0 bridgehead atoms. The number of nitrogens with zero attached hydrogens (tertiary/aromatic N) is 4. The predicted octanol–water partition coefficient (Wildman–Crippen LogP) is 10.9. The van der Waals surface area contributed by atoms with E-state index in [1.54, 1.807) is 24.0 Å². The van der Waals surface area contributed by atoms with Crippen LogP contribution in [0.15, 0.2) is 72.1 Å². The summed E-state index contributed by atoms with van der Waals surface area (Å²) in [4.78, 5) is 81.5. The summed E-state index contributed by atoms with van der Waals surface area (Å²) < 4.78 is 40.2. The van der Waals surface area contributed by atoms with Crippen molar-refractivity contribution in [1.29, 1.82) is 0 Å². The molecule has 2 aromatic carbocycles. The van der Waals surface area contributed by atoms with Gasteiger partial charge in [0.1, 0.15) is 38.7 Å². The van der Waals surface area contributed by atoms with E-state index in [1.165, 1.54) is 22.7 Å². The molecule has 4 fully saturated rings. The number of aryl methyl sites for hydroxylation is 1. The van der Waals surface area contributed by atoms with E-state index in [0.717, 1.165) is 77.0 Å². The SMILES string of the molecule is CC1CCC(C(=O)N(c2cc(-c3ccccc3)sc2C(=O)O)C(C)C)CC1.COc1ccc2c(O[C@@H]3C[C@H]4C(=O)N[C@]5(C(=O)NS(=O)(=O)C6CC6)C[C@H]5/C=C\CCCCN(C)C(=O)[C@@H]4C3)cc(-c3nc(C(C)C)cs3)nc2c1C. The maximum Gasteiger partial charge on any atom is 0.348 e. The van der Waals surface area contributed by atoms with Crippen molar-refractivity contribution in [1.82, 2.24) is 24.9 Å². The van der Waals surface area contributed by atoms with Crippen molar-refractivity contribution < 1.29 is 47.0 Å². The second-order valence-electron chi connectivity index (χ2n) is 22.8. The third-order valence-electron chi connectivity index (χ3n) is 16.3. The molecule has 16 nitrogen and oxygen atoms in total. The lowest BCUT2D eigenvalue weighted by Crippen LogP contribution is -2.54. The van der Waals surface area contributed by atoms with Crippen LogP contribution >= 0.6 is 22.7 Å². The van der Waals surface area contributed by atoms with Crippen LogP contribution in [0.3, 0.4) is 0 Å². The molecule has 5 aromatic rings. The van der Waals surface area contributed by atoms with Gasteiger partial charge in [0.2, 0.25) is 27.7 Å². The number of nitrogens with one attached hydrogen (secondary N) is 2. The highest BCUT2D eigenvalue weighted by Crippen LogP contribution is 2.48. The summed E-state index contributed by atoms with van der Waals surface area (Å²) in [6.45, 7) is 12.8. The fraction of sp³-hybridized carbons (Fsp3) is 0.517. The molecule has 0 radical (unpaired) electrons. The first kappa shape index (κ1) is 57.5. The third kappa shape index (κ3) is 12.6. The molecule has 4 heterocycles. The van der Waals surface area contributed by atoms with E-state index >= 15 is 0 Å². The Kier molecular flexibility index (Phi) is 17.4. The number of sulfonamides is 1. The van der Waals surface area contributed by atoms with Crippen LogP contribution in [0.5, 0.6) is 11.5 Å². The number of hydrogen-bond acceptors (Lipinski definition) is 13. The summed E-state index contributed by atoms with van der Waals surface area (Å²) in [5, 5.41) is 15.7. The fourth-order valence-electron chi connectivity index (χ4n) is 11.4. The van der Waals surface area contributed by atoms with Gasteiger partial charge in [0.25, 0.3) is 5.91 Å². The Morgan fingerprint density at radius 3 is 2.32 bits per heavy atom. The van der Waals surface area contributed by atoms with Gasteiger partial charge in [0, 0.05) is 58.7 Å². The summed E-state index contributed by atoms with van der Waals surface area (Å²) in [7, 11) is -0.445. The molecule has 0 spiro atoms. The molecule has 79 heavy (non-hydrogen) atoms. The average molecular weight is 1140 g/mol. The van der Waals surface area contributed by atoms with Crippen LogP contribution in [0.2, 0.25) is 0 Å². The van der Waals surface area contributed by atoms with Crippen molar-refractivity contribution in [3.05, 3.63) is 88.3 Å². The maximum absolute atomic E-state index is 14.3. The quantitative estimate of drug-likeness (QED) is 0.0939. The number of amides is 4. The number of aromatic carboxylic acids is 1. The molecule has 3 aromatic heterocycles. The summed E-state index contributed by atoms with van der Waals surface area (Å²) >= 11 is 2.75. The second kappa shape index (κ2) is 23.9. The van der Waals surface area contributed by atoms with Gasteiger partial charge in [0.15, 0.2) is 0 Å². The number of ether oxygens (including phenoxy) is 2. The molecule has 19 heteroatoms. The minimum absolute atomic E-state index is 0.00896. The zero-order chi connectivity index (χ0) is 56.5. The van der Waals surface area contributed by atoms with E-state index in [0.29, 0.717) is 60.1 Å². The molecule has 0 saturated heterocycles. The number of thiazole rings is 1. The standard InChI is InChI=1S/C38H47N5O7S2.C22H27NO3S/c1-21(2)30-20-51-35(40-30)29-18-32(26-13-14-31(49-5)22(3)33(26)39-29)50-24-16-27-28(17-24)36(45)43(4)15-9-7-6-8-10-23-19-38(23,41-34(27)44)37(46)42-52(47,48)25-11-12-25;1-14(2)23(21(24)17-11-9-15(3)10-12-17)18-13-19(27-20(18)22(25)26)16-7-5-4-6-8-16/h8,10,13-14,18,20-21,23-25,27-28H,6-7,9,11-12,15-17,19H2,1-5H3,(H,41,44)(H,42,46);4-8,13-15,17H,9-12H2,1-3H3,(H,25,26)/b10-8-;/t23-,24-,27-,28-,38-;/m1./s1. The number of carbonyl (C=O) groups is 5. The number of fused-ring (bicyclic) bond motifs is 3. The number of carbonyl (C=O) groups excluding carboxylic acids is 4. The lowest BCUT2D eigenvalue weighted by molar-refractivity contribution is -0.140. The minimum atomic E-state index is -3.83. The van der Waals surface area contributed by atoms with E-state index < -0.39 is 56.5 Å². The number of rotatable bonds is 13. The molecule has 4 saturated carbocycles. The Bertz CT molecular complexity index is 3230. The van der Waals surface area contributed by atoms with Gasteiger partial charge in [-0.25, -0.2) is 23.2 Å². The van der Waals surface area contributed by atoms with Crippen molar-refractivity contribution in [2.24, 2.45) is 29.6 Å². The fourth-order valence-corrected chi connectivity index (χ4v) is 14.7. The molecule has 5 atom stereocenters. The molecule has 5 aliphatic rings. The van der Waals surface area contributed by atoms with Crippen molar-refractivity contribution in [3.8, 4) is 32.6 Å². The van der Waals surface area contributed by atoms with Crippen LogP contribution in [0, 0.1) is 36.5 Å². The highest BCUT2D eigenvalue weighted by Gasteiger charge is 2.62. The summed E-state index contributed by atoms with van der Waals surface area (Å²) in [5.74, 6) is -1.88. The van der Waals surface area contributed by atoms with Crippen molar-refractivity contribution >= 4 is 78.9 Å². The van der Waals surface area contributed by atoms with Crippen LogP contribution in [0.4, 0.5) is 5.69 Å². The molecule has 0 unspecified atom stereocenters. The molecule has 4 aliphatic carbocycles. The van der Waals surface area contributed by atoms with Gasteiger partial charge in [-0.1, -0.05) is 63.3 Å². The van der Waals surface area contributed by atoms with E-state index in [9.17, 15) is 37.5 Å². The molecule has 422 valence electrons. The molecule has 3 N–H and O–H groups in total. The zero-order valence-corrected chi connectivity index (χ0v) is 48.9. The summed E-state index contributed by atoms with van der Waals surface area (Å²) in [6, 6.07) is 17.2. The Balaban J connectivity index is 0.000000235. The highest BCUT2D eigenvalue weighted by molar-refractivity contribution is 7.91. The lowest BCUT2D eigenvalue weighted by Gasteiger charge is -2.33. The van der Waals surface area contributed by atoms with Crippen LogP contribution in [0.1, 0.15) is 139 Å². The van der Waals surface area contributed by atoms with Crippen molar-refractivity contribution in [2.45, 2.75) is 147 Å². The largest absolute Gasteiger partial charge is 0.496 e. The van der Waals surface area contributed by atoms with Gasteiger partial charge >= 0.3 is 5.97 Å². The Morgan fingerprint density at radius 2 is 1.66 bits per heavy atom. The smallest absolute Gasteiger partial charge is 0.348 e. The number of benzene rings is 2. The maximum atomic E-state index is 14.3. The predicted molar refractivity (Wildman–Crippen MR) is 309 cm³/mol. The normalized spacial score (nSPS) is 24.8. The van der Waals surface area contributed by atoms with Gasteiger partial charge in [-0.3, -0.25) is 23.9 Å². The Labute approximate surface area is 471 Å². The number of aromatic nitrogens is 2. The van der Waals surface area contributed by atoms with Crippen molar-refractivity contribution in [3.63, 3.8) is 0 Å². The number of methoxy groups -OCH3 is 1. The number of anilines is 1. The van der Waals surface area contributed by atoms with Crippen molar-refractivity contribution in [2.75, 3.05) is 25.6 Å². The number of allylic oxidation sites excluding steroid dienone is 1. The first-order valence-electron chi connectivity index (χ1n) is 27.9. The molecule has 10 rings (SSSR count). The van der Waals surface area contributed by atoms with Crippen LogP contribution < -0.4 is 24.4 Å². The van der Waals surface area contributed by atoms with Crippen LogP contribution in [-0.4, -0.2) is 102 Å². The van der Waals surface area contributed by atoms with Crippen LogP contribution in [0.25, 0.3) is 32.0 Å². The van der Waals surface area contributed by atoms with Gasteiger partial charge < -0.3 is 29.7 Å². The summed E-state index contributed by atoms with van der Waals surface area (Å²) in [6.07, 6.45) is 11.5. The minimum Gasteiger partial charge on any atom is -0.496 e. The molecular formula is C60H74N6O10S3. The van der Waals surface area contributed by atoms with Gasteiger partial charge in [-0.05, 0) is 133 Å². The number of hydrogen-bond donors (Lipinski definition) is 3. The Morgan fingerprint density at radius 1 is 0.937 bits per heavy atom. The topological polar surface area (TPSA) is 214 Å². The number of pyridine rings is 1. The first-order valence-corrected chi connectivity index (χ1v) is 31.1. The molecular weight excluding hydrogens is 1060 g/mol. The number of carboxylic acids is 1. The van der Waals surface area contributed by atoms with E-state index in [2.05, 4.69) is 30.8 Å². The number of carboxylic acid groups (broad SMARTS) is 1. The van der Waals surface area contributed by atoms with Gasteiger partial charge in [-0.2, -0.15) is 0 Å². The van der Waals surface area contributed by atoms with Gasteiger partial charge in [-0.15, -0.1) is 22.7 Å². The molecule has 1 aliphatic heterocycles. The summed E-state index contributed by atoms with van der Waals surface area (Å²) in [5.41, 5.74) is 3.30. The zero-order valence-electron chi connectivity index (χ0n) is 46.5. The average Bonchev–Trinajstić information content (AvgIpc) is 3.72. The van der Waals surface area contributed by atoms with E-state index in [-0.39, 0.29) is 53.3 Å². The second-order valence-corrected chi connectivity index (χ2v) is 26.7. The highest BCUT2D eigenvalue weighted by atomic mass is 32.2. The van der Waals surface area contributed by atoms with Crippen LogP contribution in [-0.2, 0) is 29.2 Å². The van der Waals surface area contributed by atoms with E-state index in [1.807, 2.05) is 92.9 Å². The van der Waals surface area contributed by atoms with E-state index in [4.69, 9.17) is 19.4 Å². The van der Waals surface area contributed by atoms with Gasteiger partial charge in [0.05, 0.1) is 41.1 Å². The lowest BCUT2D eigenvalue weighted by atomic mass is 9.82. The third-order valence-corrected chi connectivity index (χ3v) is 20.2. The number of thiophene rings is 1.